The number of hydrogen-bond donors (Lipinski definition) is 0. The van der Waals surface area contributed by atoms with E-state index in [9.17, 15) is 4.79 Å². The average Bonchev–Trinajstić information content (AvgIpc) is 2.84. The van der Waals surface area contributed by atoms with Gasteiger partial charge in [0.15, 0.2) is 0 Å². The molecule has 6 heteroatoms. The van der Waals surface area contributed by atoms with Gasteiger partial charge in [-0.3, -0.25) is 4.79 Å². The molecule has 2 aliphatic heterocycles. The Bertz CT molecular complexity index is 549. The second-order valence-corrected chi connectivity index (χ2v) is 6.61. The summed E-state index contributed by atoms with van der Waals surface area (Å²) in [5, 5.41) is 0. The standard InChI is InChI=1S/C14H21BN2O3/c1-13(2)14(3,4)20-15(19-13)11-7-6-10-12(18)16(5)8-9-17(10)11/h6-7H,8-9H2,1-5H3. The van der Waals surface area contributed by atoms with Crippen molar-refractivity contribution in [1.29, 1.82) is 0 Å². The SMILES string of the molecule is CN1CCn2c(B3OC(C)(C)C(C)(C)O3)ccc2C1=O. The lowest BCUT2D eigenvalue weighted by atomic mass is 9.84. The number of rotatable bonds is 1. The maximum Gasteiger partial charge on any atom is 0.512 e. The first-order chi connectivity index (χ1) is 9.23. The predicted molar refractivity (Wildman–Crippen MR) is 77.1 cm³/mol. The molecule has 3 heterocycles. The van der Waals surface area contributed by atoms with Gasteiger partial charge < -0.3 is 18.8 Å². The number of fused-ring (bicyclic) bond motifs is 1. The molecule has 0 atom stereocenters. The molecular formula is C14H21BN2O3. The zero-order valence-corrected chi connectivity index (χ0v) is 12.8. The zero-order valence-electron chi connectivity index (χ0n) is 12.8. The average molecular weight is 276 g/mol. The zero-order chi connectivity index (χ0) is 14.7. The van der Waals surface area contributed by atoms with Crippen molar-refractivity contribution in [3.05, 3.63) is 17.8 Å². The summed E-state index contributed by atoms with van der Waals surface area (Å²) < 4.78 is 14.2. The highest BCUT2D eigenvalue weighted by Gasteiger charge is 2.53. The van der Waals surface area contributed by atoms with Gasteiger partial charge in [-0.25, -0.2) is 0 Å². The maximum absolute atomic E-state index is 12.1. The van der Waals surface area contributed by atoms with Crippen LogP contribution < -0.4 is 5.59 Å². The van der Waals surface area contributed by atoms with Crippen molar-refractivity contribution in [2.75, 3.05) is 13.6 Å². The lowest BCUT2D eigenvalue weighted by Gasteiger charge is -2.32. The monoisotopic (exact) mass is 276 g/mol. The van der Waals surface area contributed by atoms with E-state index in [1.165, 1.54) is 0 Å². The Kier molecular flexibility index (Phi) is 2.82. The molecule has 0 saturated carbocycles. The van der Waals surface area contributed by atoms with Crippen LogP contribution in [0.3, 0.4) is 0 Å². The first kappa shape index (κ1) is 13.7. The molecule has 1 aromatic rings. The van der Waals surface area contributed by atoms with Gasteiger partial charge in [0.05, 0.1) is 11.2 Å². The number of aromatic nitrogens is 1. The van der Waals surface area contributed by atoms with Crippen LogP contribution in [-0.2, 0) is 15.9 Å². The molecule has 0 aromatic carbocycles. The number of hydrogen-bond acceptors (Lipinski definition) is 3. The van der Waals surface area contributed by atoms with Gasteiger partial charge in [-0.2, -0.15) is 0 Å². The van der Waals surface area contributed by atoms with E-state index >= 15 is 0 Å². The molecule has 0 aliphatic carbocycles. The summed E-state index contributed by atoms with van der Waals surface area (Å²) in [5.41, 5.74) is 0.916. The fourth-order valence-electron chi connectivity index (χ4n) is 2.64. The predicted octanol–water partition coefficient (Wildman–Crippen LogP) is 0.873. The van der Waals surface area contributed by atoms with E-state index in [-0.39, 0.29) is 17.1 Å². The van der Waals surface area contributed by atoms with Gasteiger partial charge in [-0.15, -0.1) is 0 Å². The highest BCUT2D eigenvalue weighted by molar-refractivity contribution is 6.61. The minimum Gasteiger partial charge on any atom is -0.398 e. The molecule has 0 unspecified atom stereocenters. The molecule has 5 nitrogen and oxygen atoms in total. The Balaban J connectivity index is 1.95. The highest BCUT2D eigenvalue weighted by Crippen LogP contribution is 2.36. The van der Waals surface area contributed by atoms with Gasteiger partial charge in [0.25, 0.3) is 5.91 Å². The molecule has 1 saturated heterocycles. The first-order valence-electron chi connectivity index (χ1n) is 7.03. The van der Waals surface area contributed by atoms with Gasteiger partial charge in [-0.1, -0.05) is 0 Å². The molecular weight excluding hydrogens is 255 g/mol. The number of nitrogens with zero attached hydrogens (tertiary/aromatic N) is 2. The van der Waals surface area contributed by atoms with E-state index in [0.29, 0.717) is 12.2 Å². The van der Waals surface area contributed by atoms with Crippen molar-refractivity contribution in [2.24, 2.45) is 0 Å². The minimum atomic E-state index is -0.412. The summed E-state index contributed by atoms with van der Waals surface area (Å²) in [6.07, 6.45) is 0. The maximum atomic E-state index is 12.1. The van der Waals surface area contributed by atoms with Crippen LogP contribution in [0.2, 0.25) is 0 Å². The lowest BCUT2D eigenvalue weighted by molar-refractivity contribution is 0.00578. The van der Waals surface area contributed by atoms with E-state index in [0.717, 1.165) is 12.1 Å². The third-order valence-corrected chi connectivity index (χ3v) is 4.73. The summed E-state index contributed by atoms with van der Waals surface area (Å²) >= 11 is 0. The fraction of sp³-hybridized carbons (Fsp3) is 0.643. The Hall–Kier alpha value is -1.27. The van der Waals surface area contributed by atoms with E-state index in [4.69, 9.17) is 9.31 Å². The molecule has 20 heavy (non-hydrogen) atoms. The lowest BCUT2D eigenvalue weighted by Crippen LogP contribution is -2.45. The van der Waals surface area contributed by atoms with Crippen LogP contribution in [0.1, 0.15) is 38.2 Å². The Morgan fingerprint density at radius 3 is 2.30 bits per heavy atom. The van der Waals surface area contributed by atoms with Crippen LogP contribution in [0.25, 0.3) is 0 Å². The molecule has 0 N–H and O–H groups in total. The van der Waals surface area contributed by atoms with Crippen molar-refractivity contribution in [1.82, 2.24) is 9.47 Å². The fourth-order valence-corrected chi connectivity index (χ4v) is 2.64. The molecule has 3 rings (SSSR count). The minimum absolute atomic E-state index is 0.0546. The van der Waals surface area contributed by atoms with Gasteiger partial charge in [-0.05, 0) is 39.8 Å². The molecule has 1 fully saturated rings. The second-order valence-electron chi connectivity index (χ2n) is 6.61. The molecule has 0 spiro atoms. The molecule has 1 amide bonds. The molecule has 0 radical (unpaired) electrons. The quantitative estimate of drug-likeness (QED) is 0.715. The van der Waals surface area contributed by atoms with Crippen molar-refractivity contribution < 1.29 is 14.1 Å². The van der Waals surface area contributed by atoms with Gasteiger partial charge in [0.1, 0.15) is 5.69 Å². The van der Waals surface area contributed by atoms with Crippen LogP contribution in [0.5, 0.6) is 0 Å². The van der Waals surface area contributed by atoms with Crippen LogP contribution in [0.15, 0.2) is 12.1 Å². The molecule has 2 aliphatic rings. The van der Waals surface area contributed by atoms with E-state index < -0.39 is 7.12 Å². The van der Waals surface area contributed by atoms with Crippen LogP contribution in [-0.4, -0.2) is 47.3 Å². The molecule has 1 aromatic heterocycles. The summed E-state index contributed by atoms with van der Waals surface area (Å²) in [4.78, 5) is 13.9. The summed E-state index contributed by atoms with van der Waals surface area (Å²) in [7, 11) is 1.41. The number of carbonyl (C=O) groups is 1. The van der Waals surface area contributed by atoms with Crippen LogP contribution in [0.4, 0.5) is 0 Å². The summed E-state index contributed by atoms with van der Waals surface area (Å²) in [6, 6.07) is 3.80. The Labute approximate surface area is 120 Å². The summed E-state index contributed by atoms with van der Waals surface area (Å²) in [6.45, 7) is 9.63. The topological polar surface area (TPSA) is 43.7 Å². The van der Waals surface area contributed by atoms with Crippen LogP contribution >= 0.6 is 0 Å². The molecule has 108 valence electrons. The number of carbonyl (C=O) groups excluding carboxylic acids is 1. The second kappa shape index (κ2) is 4.12. The smallest absolute Gasteiger partial charge is 0.398 e. The van der Waals surface area contributed by atoms with Crippen molar-refractivity contribution in [2.45, 2.75) is 45.4 Å². The largest absolute Gasteiger partial charge is 0.512 e. The van der Waals surface area contributed by atoms with Gasteiger partial charge in [0, 0.05) is 25.7 Å². The number of amides is 1. The summed E-state index contributed by atoms with van der Waals surface area (Å²) in [5.74, 6) is 0.0546. The first-order valence-corrected chi connectivity index (χ1v) is 7.03. The normalized spacial score (nSPS) is 24.1. The van der Waals surface area contributed by atoms with Crippen molar-refractivity contribution in [3.63, 3.8) is 0 Å². The Morgan fingerprint density at radius 2 is 1.70 bits per heavy atom. The van der Waals surface area contributed by atoms with Gasteiger partial charge in [0.2, 0.25) is 0 Å². The number of likely N-dealkylation sites (N-methyl/N-ethyl adjacent to an activating group) is 1. The van der Waals surface area contributed by atoms with E-state index in [1.807, 2.05) is 51.4 Å². The van der Waals surface area contributed by atoms with Crippen LogP contribution in [0, 0.1) is 0 Å². The third-order valence-electron chi connectivity index (χ3n) is 4.73. The third kappa shape index (κ3) is 1.82. The van der Waals surface area contributed by atoms with Crippen molar-refractivity contribution >= 4 is 18.6 Å². The Morgan fingerprint density at radius 1 is 1.10 bits per heavy atom. The van der Waals surface area contributed by atoms with E-state index in [2.05, 4.69) is 0 Å². The van der Waals surface area contributed by atoms with Gasteiger partial charge >= 0.3 is 7.12 Å². The van der Waals surface area contributed by atoms with E-state index in [1.54, 1.807) is 4.90 Å². The molecule has 0 bridgehead atoms. The van der Waals surface area contributed by atoms with Crippen molar-refractivity contribution in [3.8, 4) is 0 Å². The highest BCUT2D eigenvalue weighted by atomic mass is 16.7.